The van der Waals surface area contributed by atoms with Crippen molar-refractivity contribution in [1.82, 2.24) is 10.6 Å². The molecule has 2 aromatic carbocycles. The van der Waals surface area contributed by atoms with Crippen molar-refractivity contribution < 1.29 is 13.9 Å². The third-order valence-electron chi connectivity index (χ3n) is 3.69. The van der Waals surface area contributed by atoms with Crippen LogP contribution in [0.25, 0.3) is 0 Å². The molecule has 0 heterocycles. The van der Waals surface area contributed by atoms with E-state index >= 15 is 0 Å². The number of hydrogen-bond donors (Lipinski definition) is 2. The first kappa shape index (κ1) is 22.9. The second kappa shape index (κ2) is 10.9. The lowest BCUT2D eigenvalue weighted by molar-refractivity contribution is -0.124. The van der Waals surface area contributed by atoms with Gasteiger partial charge in [0, 0.05) is 17.6 Å². The number of benzene rings is 2. The Hall–Kier alpha value is -2.11. The molecule has 0 aliphatic rings. The molecule has 0 spiro atoms. The minimum atomic E-state index is -0.284. The Morgan fingerprint density at radius 3 is 2.33 bits per heavy atom. The van der Waals surface area contributed by atoms with E-state index in [1.165, 1.54) is 6.07 Å². The van der Waals surface area contributed by atoms with Crippen molar-refractivity contribution in [2.45, 2.75) is 39.3 Å². The molecule has 0 fully saturated rings. The monoisotopic (exact) mass is 394 g/mol. The zero-order valence-corrected chi connectivity index (χ0v) is 16.9. The van der Waals surface area contributed by atoms with Crippen molar-refractivity contribution in [3.8, 4) is 5.75 Å². The van der Waals surface area contributed by atoms with Gasteiger partial charge in [0.15, 0.2) is 6.61 Å². The first-order valence-corrected chi connectivity index (χ1v) is 8.81. The summed E-state index contributed by atoms with van der Waals surface area (Å²) in [5.41, 5.74) is 1.38. The van der Waals surface area contributed by atoms with Gasteiger partial charge in [0.05, 0.1) is 0 Å². The van der Waals surface area contributed by atoms with Crippen LogP contribution in [0.4, 0.5) is 4.39 Å². The molecule has 0 saturated carbocycles. The molecule has 0 saturated heterocycles. The number of amides is 1. The first-order valence-electron chi connectivity index (χ1n) is 8.81. The van der Waals surface area contributed by atoms with Gasteiger partial charge in [0.2, 0.25) is 0 Å². The maximum absolute atomic E-state index is 13.6. The molecule has 0 aromatic heterocycles. The Bertz CT molecular complexity index is 732. The predicted octanol–water partition coefficient (Wildman–Crippen LogP) is 3.87. The number of hydrogen-bond acceptors (Lipinski definition) is 3. The van der Waals surface area contributed by atoms with E-state index in [9.17, 15) is 9.18 Å². The topological polar surface area (TPSA) is 50.4 Å². The van der Waals surface area contributed by atoms with Gasteiger partial charge in [-0.3, -0.25) is 4.79 Å². The summed E-state index contributed by atoms with van der Waals surface area (Å²) in [6.07, 6.45) is 0.615. The molecule has 0 unspecified atom stereocenters. The largest absolute Gasteiger partial charge is 0.483 e. The van der Waals surface area contributed by atoms with E-state index in [1.807, 2.05) is 51.1 Å². The van der Waals surface area contributed by atoms with Gasteiger partial charge in [-0.2, -0.15) is 0 Å². The van der Waals surface area contributed by atoms with Crippen LogP contribution >= 0.6 is 12.4 Å². The fourth-order valence-corrected chi connectivity index (χ4v) is 2.54. The Morgan fingerprint density at radius 2 is 1.67 bits per heavy atom. The summed E-state index contributed by atoms with van der Waals surface area (Å²) in [4.78, 5) is 11.9. The molecule has 0 atom stereocenters. The van der Waals surface area contributed by atoms with Crippen molar-refractivity contribution in [3.63, 3.8) is 0 Å². The zero-order valence-electron chi connectivity index (χ0n) is 16.0. The van der Waals surface area contributed by atoms with Crippen LogP contribution in [0.15, 0.2) is 48.5 Å². The van der Waals surface area contributed by atoms with Gasteiger partial charge in [-0.1, -0.05) is 36.4 Å². The van der Waals surface area contributed by atoms with Crippen molar-refractivity contribution >= 4 is 18.3 Å². The summed E-state index contributed by atoms with van der Waals surface area (Å²) in [6.45, 7) is 7.00. The van der Waals surface area contributed by atoms with Gasteiger partial charge in [-0.05, 0) is 51.4 Å². The number of rotatable bonds is 8. The SMILES string of the molecule is CC(C)(C)NC(=O)COc1ccccc1CNCCc1ccccc1F.Cl. The number of carbonyl (C=O) groups is 1. The highest BCUT2D eigenvalue weighted by Crippen LogP contribution is 2.17. The average molecular weight is 395 g/mol. The predicted molar refractivity (Wildman–Crippen MR) is 109 cm³/mol. The average Bonchev–Trinajstić information content (AvgIpc) is 2.57. The molecule has 27 heavy (non-hydrogen) atoms. The van der Waals surface area contributed by atoms with Crippen LogP contribution in [0.3, 0.4) is 0 Å². The van der Waals surface area contributed by atoms with Crippen LogP contribution in [0.5, 0.6) is 5.75 Å². The molecule has 148 valence electrons. The fraction of sp³-hybridized carbons (Fsp3) is 0.381. The molecule has 1 amide bonds. The molecule has 6 heteroatoms. The summed E-state index contributed by atoms with van der Waals surface area (Å²) in [5, 5.41) is 6.17. The van der Waals surface area contributed by atoms with Crippen LogP contribution in [0.1, 0.15) is 31.9 Å². The normalized spacial score (nSPS) is 10.8. The summed E-state index contributed by atoms with van der Waals surface area (Å²) >= 11 is 0. The van der Waals surface area contributed by atoms with Gasteiger partial charge in [-0.25, -0.2) is 4.39 Å². The Labute approximate surface area is 166 Å². The van der Waals surface area contributed by atoms with E-state index in [0.717, 1.165) is 5.56 Å². The van der Waals surface area contributed by atoms with Crippen molar-refractivity contribution in [3.05, 3.63) is 65.5 Å². The van der Waals surface area contributed by atoms with E-state index in [-0.39, 0.29) is 36.3 Å². The lowest BCUT2D eigenvalue weighted by atomic mass is 10.1. The van der Waals surface area contributed by atoms with E-state index in [1.54, 1.807) is 12.1 Å². The van der Waals surface area contributed by atoms with Crippen LogP contribution < -0.4 is 15.4 Å². The molecular weight excluding hydrogens is 367 g/mol. The molecule has 0 aliphatic carbocycles. The fourth-order valence-electron chi connectivity index (χ4n) is 2.54. The molecule has 0 bridgehead atoms. The number of para-hydroxylation sites is 1. The molecule has 0 radical (unpaired) electrons. The maximum Gasteiger partial charge on any atom is 0.258 e. The second-order valence-electron chi connectivity index (χ2n) is 7.21. The number of nitrogens with one attached hydrogen (secondary N) is 2. The van der Waals surface area contributed by atoms with Crippen LogP contribution in [0, 0.1) is 5.82 Å². The van der Waals surface area contributed by atoms with Gasteiger partial charge >= 0.3 is 0 Å². The lowest BCUT2D eigenvalue weighted by Crippen LogP contribution is -2.43. The third kappa shape index (κ3) is 8.41. The lowest BCUT2D eigenvalue weighted by Gasteiger charge is -2.20. The molecule has 2 N–H and O–H groups in total. The van der Waals surface area contributed by atoms with E-state index in [4.69, 9.17) is 4.74 Å². The number of carbonyl (C=O) groups excluding carboxylic acids is 1. The van der Waals surface area contributed by atoms with Crippen molar-refractivity contribution in [2.75, 3.05) is 13.2 Å². The maximum atomic E-state index is 13.6. The molecule has 4 nitrogen and oxygen atoms in total. The first-order chi connectivity index (χ1) is 12.3. The third-order valence-corrected chi connectivity index (χ3v) is 3.69. The summed E-state index contributed by atoms with van der Waals surface area (Å²) in [7, 11) is 0. The Kier molecular flexibility index (Phi) is 9.26. The second-order valence-corrected chi connectivity index (χ2v) is 7.21. The summed E-state index contributed by atoms with van der Waals surface area (Å²) < 4.78 is 19.3. The Balaban J connectivity index is 0.00000364. The zero-order chi connectivity index (χ0) is 19.0. The summed E-state index contributed by atoms with van der Waals surface area (Å²) in [5.74, 6) is 0.345. The Morgan fingerprint density at radius 1 is 1.04 bits per heavy atom. The van der Waals surface area contributed by atoms with Crippen LogP contribution in [-0.2, 0) is 17.8 Å². The van der Waals surface area contributed by atoms with Gasteiger partial charge < -0.3 is 15.4 Å². The van der Waals surface area contributed by atoms with E-state index in [0.29, 0.717) is 30.8 Å². The molecule has 2 rings (SSSR count). The number of halogens is 2. The summed E-state index contributed by atoms with van der Waals surface area (Å²) in [6, 6.07) is 14.4. The van der Waals surface area contributed by atoms with E-state index < -0.39 is 0 Å². The van der Waals surface area contributed by atoms with Crippen molar-refractivity contribution in [1.29, 1.82) is 0 Å². The minimum Gasteiger partial charge on any atom is -0.483 e. The highest BCUT2D eigenvalue weighted by molar-refractivity contribution is 5.85. The molecule has 2 aromatic rings. The highest BCUT2D eigenvalue weighted by atomic mass is 35.5. The molecular formula is C21H28ClFN2O2. The van der Waals surface area contributed by atoms with Crippen LogP contribution in [0.2, 0.25) is 0 Å². The van der Waals surface area contributed by atoms with Crippen LogP contribution in [-0.4, -0.2) is 24.6 Å². The molecule has 0 aliphatic heterocycles. The number of ether oxygens (including phenoxy) is 1. The van der Waals surface area contributed by atoms with Gasteiger partial charge in [0.1, 0.15) is 11.6 Å². The minimum absolute atomic E-state index is 0. The standard InChI is InChI=1S/C21H27FN2O2.ClH/c1-21(2,3)24-20(25)15-26-19-11-7-5-9-17(19)14-23-13-12-16-8-4-6-10-18(16)22;/h4-11,23H,12-15H2,1-3H3,(H,24,25);1H. The van der Waals surface area contributed by atoms with E-state index in [2.05, 4.69) is 10.6 Å². The van der Waals surface area contributed by atoms with Gasteiger partial charge in [-0.15, -0.1) is 12.4 Å². The quantitative estimate of drug-likeness (QED) is 0.668. The van der Waals surface area contributed by atoms with Crippen molar-refractivity contribution in [2.24, 2.45) is 0 Å². The highest BCUT2D eigenvalue weighted by Gasteiger charge is 2.14. The smallest absolute Gasteiger partial charge is 0.258 e. The van der Waals surface area contributed by atoms with Gasteiger partial charge in [0.25, 0.3) is 5.91 Å².